The van der Waals surface area contributed by atoms with Crippen LogP contribution in [0.5, 0.6) is 0 Å². The van der Waals surface area contributed by atoms with E-state index in [1.807, 2.05) is 7.05 Å². The zero-order valence-corrected chi connectivity index (χ0v) is 13.8. The van der Waals surface area contributed by atoms with Gasteiger partial charge in [-0.05, 0) is 6.42 Å². The van der Waals surface area contributed by atoms with Crippen molar-refractivity contribution in [1.29, 1.82) is 0 Å². The molecule has 0 unspecified atom stereocenters. The van der Waals surface area contributed by atoms with Crippen LogP contribution in [0.4, 0.5) is 0 Å². The quantitative estimate of drug-likeness (QED) is 0.465. The molecule has 1 saturated heterocycles. The minimum Gasteiger partial charge on any atom is -0.380 e. The predicted octanol–water partition coefficient (Wildman–Crippen LogP) is 1.95. The van der Waals surface area contributed by atoms with Gasteiger partial charge in [0.2, 0.25) is 0 Å². The Morgan fingerprint density at radius 1 is 1.47 bits per heavy atom. The fourth-order valence-electron chi connectivity index (χ4n) is 1.73. The van der Waals surface area contributed by atoms with Gasteiger partial charge in [0.15, 0.2) is 5.96 Å². The fourth-order valence-corrected chi connectivity index (χ4v) is 1.73. The van der Waals surface area contributed by atoms with Crippen molar-refractivity contribution in [2.24, 2.45) is 10.4 Å². The summed E-state index contributed by atoms with van der Waals surface area (Å²) >= 11 is 0. The van der Waals surface area contributed by atoms with Crippen molar-refractivity contribution in [3.05, 3.63) is 0 Å². The molecule has 1 N–H and O–H groups in total. The Bertz CT molecular complexity index is 242. The minimum atomic E-state index is 0. The maximum absolute atomic E-state index is 5.24. The lowest BCUT2D eigenvalue weighted by Crippen LogP contribution is -2.51. The van der Waals surface area contributed by atoms with E-state index in [1.165, 1.54) is 12.8 Å². The van der Waals surface area contributed by atoms with Gasteiger partial charge in [-0.1, -0.05) is 20.3 Å². The summed E-state index contributed by atoms with van der Waals surface area (Å²) in [4.78, 5) is 6.48. The van der Waals surface area contributed by atoms with Crippen molar-refractivity contribution >= 4 is 29.9 Å². The molecule has 0 radical (unpaired) electrons. The summed E-state index contributed by atoms with van der Waals surface area (Å²) in [7, 11) is 3.93. The number of rotatable bonds is 5. The molecule has 5 heteroatoms. The van der Waals surface area contributed by atoms with Gasteiger partial charge >= 0.3 is 0 Å². The standard InChI is InChI=1S/C12H25N3O.HI/c1-5-6-7-15(4)11(13-3)14-8-12(2)9-16-10-12;/h5-10H2,1-4H3,(H,13,14);1H. The molecule has 0 atom stereocenters. The molecule has 102 valence electrons. The first-order chi connectivity index (χ1) is 7.61. The van der Waals surface area contributed by atoms with Crippen LogP contribution in [0.3, 0.4) is 0 Å². The summed E-state index contributed by atoms with van der Waals surface area (Å²) in [5.74, 6) is 0.988. The van der Waals surface area contributed by atoms with Crippen LogP contribution in [0, 0.1) is 5.41 Å². The molecule has 0 bridgehead atoms. The van der Waals surface area contributed by atoms with Gasteiger partial charge in [0.25, 0.3) is 0 Å². The van der Waals surface area contributed by atoms with Gasteiger partial charge in [-0.25, -0.2) is 0 Å². The highest BCUT2D eigenvalue weighted by Crippen LogP contribution is 2.25. The zero-order valence-electron chi connectivity index (χ0n) is 11.5. The lowest BCUT2D eigenvalue weighted by Gasteiger charge is -2.39. The van der Waals surface area contributed by atoms with Crippen LogP contribution < -0.4 is 5.32 Å². The molecule has 1 rings (SSSR count). The second kappa shape index (κ2) is 8.13. The summed E-state index contributed by atoms with van der Waals surface area (Å²) in [6.45, 7) is 8.16. The lowest BCUT2D eigenvalue weighted by atomic mass is 9.89. The topological polar surface area (TPSA) is 36.9 Å². The Labute approximate surface area is 122 Å². The Hall–Kier alpha value is -0.0400. The third-order valence-corrected chi connectivity index (χ3v) is 2.99. The molecule has 4 nitrogen and oxygen atoms in total. The number of hydrogen-bond acceptors (Lipinski definition) is 2. The van der Waals surface area contributed by atoms with Crippen LogP contribution in [-0.2, 0) is 4.74 Å². The predicted molar refractivity (Wildman–Crippen MR) is 83.2 cm³/mol. The molecule has 0 aliphatic carbocycles. The van der Waals surface area contributed by atoms with Gasteiger partial charge in [-0.3, -0.25) is 4.99 Å². The van der Waals surface area contributed by atoms with Gasteiger partial charge in [0, 0.05) is 32.6 Å². The van der Waals surface area contributed by atoms with Crippen molar-refractivity contribution in [2.45, 2.75) is 26.7 Å². The molecule has 0 spiro atoms. The summed E-state index contributed by atoms with van der Waals surface area (Å²) < 4.78 is 5.24. The van der Waals surface area contributed by atoms with E-state index in [1.54, 1.807) is 0 Å². The molecular weight excluding hydrogens is 329 g/mol. The first kappa shape index (κ1) is 17.0. The van der Waals surface area contributed by atoms with Crippen molar-refractivity contribution < 1.29 is 4.74 Å². The van der Waals surface area contributed by atoms with E-state index in [-0.39, 0.29) is 24.0 Å². The van der Waals surface area contributed by atoms with Crippen LogP contribution in [0.25, 0.3) is 0 Å². The number of halogens is 1. The molecule has 0 aromatic rings. The zero-order chi connectivity index (χ0) is 12.0. The van der Waals surface area contributed by atoms with Crippen molar-refractivity contribution in [3.8, 4) is 0 Å². The molecular formula is C12H26IN3O. The Morgan fingerprint density at radius 3 is 2.53 bits per heavy atom. The monoisotopic (exact) mass is 355 g/mol. The van der Waals surface area contributed by atoms with E-state index < -0.39 is 0 Å². The van der Waals surface area contributed by atoms with Crippen LogP contribution in [0.2, 0.25) is 0 Å². The molecule has 1 aliphatic heterocycles. The van der Waals surface area contributed by atoms with Crippen molar-refractivity contribution in [2.75, 3.05) is 40.4 Å². The second-order valence-electron chi connectivity index (χ2n) is 4.98. The van der Waals surface area contributed by atoms with Gasteiger partial charge in [-0.15, -0.1) is 24.0 Å². The number of unbranched alkanes of at least 4 members (excludes halogenated alkanes) is 1. The molecule has 0 saturated carbocycles. The average Bonchev–Trinajstić information content (AvgIpc) is 2.24. The summed E-state index contributed by atoms with van der Waals surface area (Å²) in [5, 5.41) is 3.42. The maximum Gasteiger partial charge on any atom is 0.193 e. The molecule has 1 heterocycles. The summed E-state index contributed by atoms with van der Waals surface area (Å²) in [6, 6.07) is 0. The number of aliphatic imine (C=N–C) groups is 1. The largest absolute Gasteiger partial charge is 0.380 e. The number of nitrogens with zero attached hydrogens (tertiary/aromatic N) is 2. The highest BCUT2D eigenvalue weighted by Gasteiger charge is 2.33. The van der Waals surface area contributed by atoms with E-state index in [2.05, 4.69) is 36.1 Å². The van der Waals surface area contributed by atoms with E-state index in [4.69, 9.17) is 4.74 Å². The number of ether oxygens (including phenoxy) is 1. The smallest absolute Gasteiger partial charge is 0.193 e. The average molecular weight is 355 g/mol. The van der Waals surface area contributed by atoms with Gasteiger partial charge in [-0.2, -0.15) is 0 Å². The molecule has 1 aliphatic rings. The highest BCUT2D eigenvalue weighted by atomic mass is 127. The molecule has 0 aromatic heterocycles. The van der Waals surface area contributed by atoms with Gasteiger partial charge in [0.05, 0.1) is 13.2 Å². The molecule has 1 fully saturated rings. The SMILES string of the molecule is CCCCN(C)C(=NC)NCC1(C)COC1.I. The second-order valence-corrected chi connectivity index (χ2v) is 4.98. The van der Waals surface area contributed by atoms with E-state index in [9.17, 15) is 0 Å². The number of guanidine groups is 1. The number of nitrogens with one attached hydrogen (secondary N) is 1. The minimum absolute atomic E-state index is 0. The van der Waals surface area contributed by atoms with Crippen molar-refractivity contribution in [3.63, 3.8) is 0 Å². The van der Waals surface area contributed by atoms with Crippen LogP contribution >= 0.6 is 24.0 Å². The lowest BCUT2D eigenvalue weighted by molar-refractivity contribution is -0.0972. The van der Waals surface area contributed by atoms with Gasteiger partial charge < -0.3 is 15.0 Å². The third-order valence-electron chi connectivity index (χ3n) is 2.99. The van der Waals surface area contributed by atoms with E-state index in [0.717, 1.165) is 32.3 Å². The van der Waals surface area contributed by atoms with Gasteiger partial charge in [0.1, 0.15) is 0 Å². The first-order valence-electron chi connectivity index (χ1n) is 6.11. The fraction of sp³-hybridized carbons (Fsp3) is 0.917. The third kappa shape index (κ3) is 5.42. The van der Waals surface area contributed by atoms with Crippen LogP contribution in [0.15, 0.2) is 4.99 Å². The number of hydrogen-bond donors (Lipinski definition) is 1. The van der Waals surface area contributed by atoms with E-state index in [0.29, 0.717) is 5.41 Å². The summed E-state index contributed by atoms with van der Waals surface area (Å²) in [6.07, 6.45) is 2.42. The maximum atomic E-state index is 5.24. The Morgan fingerprint density at radius 2 is 2.12 bits per heavy atom. The summed E-state index contributed by atoms with van der Waals surface area (Å²) in [5.41, 5.74) is 0.293. The first-order valence-corrected chi connectivity index (χ1v) is 6.11. The Balaban J connectivity index is 0.00000256. The van der Waals surface area contributed by atoms with Crippen LogP contribution in [-0.4, -0.2) is 51.3 Å². The highest BCUT2D eigenvalue weighted by molar-refractivity contribution is 14.0. The van der Waals surface area contributed by atoms with E-state index >= 15 is 0 Å². The van der Waals surface area contributed by atoms with Crippen LogP contribution in [0.1, 0.15) is 26.7 Å². The molecule has 0 amide bonds. The molecule has 0 aromatic carbocycles. The normalized spacial score (nSPS) is 18.0. The molecule has 17 heavy (non-hydrogen) atoms. The Kier molecular flexibility index (Phi) is 8.11. The van der Waals surface area contributed by atoms with Crippen molar-refractivity contribution in [1.82, 2.24) is 10.2 Å².